The van der Waals surface area contributed by atoms with Gasteiger partial charge < -0.3 is 15.0 Å². The average molecular weight is 328 g/mol. The van der Waals surface area contributed by atoms with Gasteiger partial charge in [0.2, 0.25) is 5.91 Å². The molecule has 0 bridgehead atoms. The summed E-state index contributed by atoms with van der Waals surface area (Å²) >= 11 is 0. The Kier molecular flexibility index (Phi) is 4.88. The van der Waals surface area contributed by atoms with Crippen LogP contribution in [0.3, 0.4) is 0 Å². The summed E-state index contributed by atoms with van der Waals surface area (Å²) in [7, 11) is 0. The third kappa shape index (κ3) is 4.18. The molecule has 2 N–H and O–H groups in total. The van der Waals surface area contributed by atoms with Crippen molar-refractivity contribution in [3.8, 4) is 17.1 Å². The Bertz CT molecular complexity index is 783. The molecule has 1 aromatic carbocycles. The number of rotatable bonds is 7. The number of aromatic nitrogens is 3. The number of nitrogens with zero attached hydrogens (tertiary/aromatic N) is 2. The van der Waals surface area contributed by atoms with E-state index in [2.05, 4.69) is 20.5 Å². The molecule has 1 saturated carbocycles. The SMILES string of the molecule is CCOc1cccc(-c2nnc(CCC(=O)NC3CC3)c(=O)[nH]2)c1. The highest BCUT2D eigenvalue weighted by atomic mass is 16.5. The van der Waals surface area contributed by atoms with Crippen LogP contribution in [0, 0.1) is 0 Å². The van der Waals surface area contributed by atoms with Crippen molar-refractivity contribution < 1.29 is 9.53 Å². The average Bonchev–Trinajstić information content (AvgIpc) is 3.38. The Hall–Kier alpha value is -2.70. The van der Waals surface area contributed by atoms with Crippen LogP contribution in [0.2, 0.25) is 0 Å². The minimum atomic E-state index is -0.318. The van der Waals surface area contributed by atoms with Gasteiger partial charge in [0.05, 0.1) is 6.61 Å². The Balaban J connectivity index is 1.68. The zero-order valence-corrected chi connectivity index (χ0v) is 13.5. The molecule has 0 unspecified atom stereocenters. The monoisotopic (exact) mass is 328 g/mol. The number of carbonyl (C=O) groups is 1. The van der Waals surface area contributed by atoms with Gasteiger partial charge in [-0.25, -0.2) is 0 Å². The van der Waals surface area contributed by atoms with Crippen LogP contribution in [0.5, 0.6) is 5.75 Å². The molecule has 1 amide bonds. The summed E-state index contributed by atoms with van der Waals surface area (Å²) in [5.74, 6) is 1.04. The summed E-state index contributed by atoms with van der Waals surface area (Å²) in [4.78, 5) is 26.6. The number of aryl methyl sites for hydroxylation is 1. The van der Waals surface area contributed by atoms with Crippen LogP contribution in [-0.4, -0.2) is 33.7 Å². The Morgan fingerprint density at radius 2 is 2.21 bits per heavy atom. The van der Waals surface area contributed by atoms with Crippen molar-refractivity contribution in [2.45, 2.75) is 38.6 Å². The van der Waals surface area contributed by atoms with Gasteiger partial charge in [0.15, 0.2) is 5.82 Å². The highest BCUT2D eigenvalue weighted by Gasteiger charge is 2.23. The summed E-state index contributed by atoms with van der Waals surface area (Å²) in [5.41, 5.74) is 0.676. The van der Waals surface area contributed by atoms with Crippen molar-refractivity contribution in [3.63, 3.8) is 0 Å². The number of H-pyrrole nitrogens is 1. The topological polar surface area (TPSA) is 97.0 Å². The zero-order chi connectivity index (χ0) is 16.9. The maximum Gasteiger partial charge on any atom is 0.273 e. The van der Waals surface area contributed by atoms with Crippen molar-refractivity contribution in [3.05, 3.63) is 40.3 Å². The lowest BCUT2D eigenvalue weighted by atomic mass is 10.2. The van der Waals surface area contributed by atoms with Gasteiger partial charge in [-0.05, 0) is 31.9 Å². The fourth-order valence-corrected chi connectivity index (χ4v) is 2.31. The first-order valence-electron chi connectivity index (χ1n) is 8.14. The number of nitrogens with one attached hydrogen (secondary N) is 2. The molecule has 1 fully saturated rings. The van der Waals surface area contributed by atoms with E-state index >= 15 is 0 Å². The predicted octanol–water partition coefficient (Wildman–Crippen LogP) is 1.44. The number of benzene rings is 1. The van der Waals surface area contributed by atoms with E-state index in [-0.39, 0.29) is 30.0 Å². The number of aromatic amines is 1. The van der Waals surface area contributed by atoms with E-state index in [9.17, 15) is 9.59 Å². The summed E-state index contributed by atoms with van der Waals surface area (Å²) in [6, 6.07) is 7.61. The van der Waals surface area contributed by atoms with Gasteiger partial charge in [0.25, 0.3) is 5.56 Å². The van der Waals surface area contributed by atoms with Gasteiger partial charge in [-0.1, -0.05) is 12.1 Å². The fourth-order valence-electron chi connectivity index (χ4n) is 2.31. The van der Waals surface area contributed by atoms with Crippen LogP contribution in [0.25, 0.3) is 11.4 Å². The van der Waals surface area contributed by atoms with Crippen molar-refractivity contribution in [1.29, 1.82) is 0 Å². The van der Waals surface area contributed by atoms with Crippen molar-refractivity contribution >= 4 is 5.91 Å². The second-order valence-corrected chi connectivity index (χ2v) is 5.75. The maximum atomic E-state index is 12.2. The molecule has 24 heavy (non-hydrogen) atoms. The number of hydrogen-bond acceptors (Lipinski definition) is 5. The van der Waals surface area contributed by atoms with Gasteiger partial charge in [-0.15, -0.1) is 10.2 Å². The van der Waals surface area contributed by atoms with E-state index in [0.717, 1.165) is 18.4 Å². The second-order valence-electron chi connectivity index (χ2n) is 5.75. The Morgan fingerprint density at radius 1 is 1.38 bits per heavy atom. The largest absolute Gasteiger partial charge is 0.494 e. The van der Waals surface area contributed by atoms with Gasteiger partial charge in [0.1, 0.15) is 11.4 Å². The van der Waals surface area contributed by atoms with Crippen LogP contribution in [0.1, 0.15) is 31.9 Å². The van der Waals surface area contributed by atoms with Crippen LogP contribution >= 0.6 is 0 Å². The van der Waals surface area contributed by atoms with Crippen LogP contribution in [0.4, 0.5) is 0 Å². The quantitative estimate of drug-likeness (QED) is 0.801. The molecule has 0 spiro atoms. The molecule has 1 aliphatic rings. The van der Waals surface area contributed by atoms with E-state index in [1.807, 2.05) is 25.1 Å². The fraction of sp³-hybridized carbons (Fsp3) is 0.412. The highest BCUT2D eigenvalue weighted by molar-refractivity contribution is 5.76. The Morgan fingerprint density at radius 3 is 2.92 bits per heavy atom. The smallest absolute Gasteiger partial charge is 0.273 e. The molecule has 1 aromatic heterocycles. The minimum absolute atomic E-state index is 0.0489. The molecular weight excluding hydrogens is 308 g/mol. The highest BCUT2D eigenvalue weighted by Crippen LogP contribution is 2.20. The van der Waals surface area contributed by atoms with Crippen LogP contribution in [0.15, 0.2) is 29.1 Å². The van der Waals surface area contributed by atoms with Gasteiger partial charge >= 0.3 is 0 Å². The van der Waals surface area contributed by atoms with E-state index in [1.165, 1.54) is 0 Å². The van der Waals surface area contributed by atoms with Gasteiger partial charge in [0, 0.05) is 24.4 Å². The van der Waals surface area contributed by atoms with Crippen molar-refractivity contribution in [2.24, 2.45) is 0 Å². The van der Waals surface area contributed by atoms with Crippen molar-refractivity contribution in [2.75, 3.05) is 6.61 Å². The standard InChI is InChI=1S/C17H20N4O3/c1-2-24-13-5-3-4-11(10-13)16-19-17(23)14(20-21-16)8-9-15(22)18-12-6-7-12/h3-5,10,12H,2,6-9H2,1H3,(H,18,22)(H,19,21,23). The second kappa shape index (κ2) is 7.25. The van der Waals surface area contributed by atoms with E-state index < -0.39 is 0 Å². The molecule has 1 aliphatic carbocycles. The Labute approximate surface area is 139 Å². The molecule has 2 aromatic rings. The van der Waals surface area contributed by atoms with Crippen LogP contribution < -0.4 is 15.6 Å². The normalized spacial score (nSPS) is 13.5. The molecule has 126 valence electrons. The summed E-state index contributed by atoms with van der Waals surface area (Å²) in [6.45, 7) is 2.47. The molecule has 7 heteroatoms. The summed E-state index contributed by atoms with van der Waals surface area (Å²) < 4.78 is 5.44. The maximum absolute atomic E-state index is 12.2. The molecule has 0 saturated heterocycles. The summed E-state index contributed by atoms with van der Waals surface area (Å²) in [5, 5.41) is 10.9. The first-order valence-corrected chi connectivity index (χ1v) is 8.14. The lowest BCUT2D eigenvalue weighted by Crippen LogP contribution is -2.27. The lowest BCUT2D eigenvalue weighted by molar-refractivity contribution is -0.121. The van der Waals surface area contributed by atoms with Crippen LogP contribution in [-0.2, 0) is 11.2 Å². The number of hydrogen-bond donors (Lipinski definition) is 2. The first-order chi connectivity index (χ1) is 11.7. The van der Waals surface area contributed by atoms with E-state index in [4.69, 9.17) is 4.74 Å². The first kappa shape index (κ1) is 16.2. The molecular formula is C17H20N4O3. The number of ether oxygens (including phenoxy) is 1. The van der Waals surface area contributed by atoms with Gasteiger partial charge in [-0.2, -0.15) is 0 Å². The number of carbonyl (C=O) groups excluding carboxylic acids is 1. The molecule has 0 atom stereocenters. The summed E-state index contributed by atoms with van der Waals surface area (Å²) in [6.07, 6.45) is 2.61. The molecule has 1 heterocycles. The molecule has 3 rings (SSSR count). The molecule has 0 aliphatic heterocycles. The minimum Gasteiger partial charge on any atom is -0.494 e. The van der Waals surface area contributed by atoms with E-state index in [0.29, 0.717) is 24.2 Å². The lowest BCUT2D eigenvalue weighted by Gasteiger charge is -2.06. The third-order valence-corrected chi connectivity index (χ3v) is 3.71. The van der Waals surface area contributed by atoms with Crippen molar-refractivity contribution in [1.82, 2.24) is 20.5 Å². The third-order valence-electron chi connectivity index (χ3n) is 3.71. The molecule has 0 radical (unpaired) electrons. The zero-order valence-electron chi connectivity index (χ0n) is 13.5. The molecule has 7 nitrogen and oxygen atoms in total. The van der Waals surface area contributed by atoms with Gasteiger partial charge in [-0.3, -0.25) is 9.59 Å². The predicted molar refractivity (Wildman–Crippen MR) is 88.7 cm³/mol. The van der Waals surface area contributed by atoms with E-state index in [1.54, 1.807) is 6.07 Å². The number of amides is 1.